The Labute approximate surface area is 114 Å². The lowest BCUT2D eigenvalue weighted by molar-refractivity contribution is -0.137. The summed E-state index contributed by atoms with van der Waals surface area (Å²) in [6.07, 6.45) is 3.27. The summed E-state index contributed by atoms with van der Waals surface area (Å²) in [4.78, 5) is 13.2. The lowest BCUT2D eigenvalue weighted by Crippen LogP contribution is -2.26. The zero-order valence-electron chi connectivity index (χ0n) is 11.3. The summed E-state index contributed by atoms with van der Waals surface area (Å²) >= 11 is 0. The molecular weight excluding hydrogens is 242 g/mol. The van der Waals surface area contributed by atoms with Crippen molar-refractivity contribution in [2.45, 2.75) is 31.7 Å². The normalized spacial score (nSPS) is 17.3. The highest BCUT2D eigenvalue weighted by Crippen LogP contribution is 2.30. The van der Waals surface area contributed by atoms with Gasteiger partial charge in [-0.2, -0.15) is 0 Å². The van der Waals surface area contributed by atoms with Gasteiger partial charge in [0.15, 0.2) is 0 Å². The molecule has 1 N–H and O–H groups in total. The Kier molecular flexibility index (Phi) is 4.80. The Hall–Kier alpha value is -1.55. The number of hydrogen-bond donors (Lipinski definition) is 1. The monoisotopic (exact) mass is 263 g/mol. The van der Waals surface area contributed by atoms with E-state index in [1.165, 1.54) is 12.8 Å². The number of aliphatic carboxylic acids is 1. The van der Waals surface area contributed by atoms with E-state index in [0.717, 1.165) is 24.4 Å². The van der Waals surface area contributed by atoms with Gasteiger partial charge in [0, 0.05) is 12.5 Å². The number of rotatable bonds is 6. The molecular formula is C15H21NO3. The third-order valence-corrected chi connectivity index (χ3v) is 3.69. The first-order valence-corrected chi connectivity index (χ1v) is 6.80. The minimum atomic E-state index is -0.730. The standard InChI is InChI=1S/C15H21NO3/c1-19-13-6-4-5-12(11-13)14(7-8-15(17)18)16-9-2-3-10-16/h4-6,11,14H,2-3,7-10H2,1H3,(H,17,18). The van der Waals surface area contributed by atoms with Crippen LogP contribution in [0.15, 0.2) is 24.3 Å². The Balaban J connectivity index is 2.16. The van der Waals surface area contributed by atoms with E-state index < -0.39 is 5.97 Å². The SMILES string of the molecule is COc1cccc(C(CCC(=O)O)N2CCCC2)c1. The van der Waals surface area contributed by atoms with E-state index in [4.69, 9.17) is 9.84 Å². The maximum absolute atomic E-state index is 10.8. The van der Waals surface area contributed by atoms with Crippen LogP contribution in [0.25, 0.3) is 0 Å². The minimum Gasteiger partial charge on any atom is -0.497 e. The fraction of sp³-hybridized carbons (Fsp3) is 0.533. The molecule has 2 rings (SSSR count). The first-order valence-electron chi connectivity index (χ1n) is 6.80. The average Bonchev–Trinajstić information content (AvgIpc) is 2.93. The Morgan fingerprint density at radius 2 is 2.16 bits per heavy atom. The van der Waals surface area contributed by atoms with Crippen LogP contribution in [-0.2, 0) is 4.79 Å². The summed E-state index contributed by atoms with van der Waals surface area (Å²) in [5.41, 5.74) is 1.16. The van der Waals surface area contributed by atoms with Gasteiger partial charge in [-0.15, -0.1) is 0 Å². The van der Waals surface area contributed by atoms with E-state index in [-0.39, 0.29) is 12.5 Å². The number of likely N-dealkylation sites (tertiary alicyclic amines) is 1. The maximum atomic E-state index is 10.8. The molecule has 0 saturated carbocycles. The first kappa shape index (κ1) is 13.9. The molecule has 0 aromatic heterocycles. The highest BCUT2D eigenvalue weighted by Gasteiger charge is 2.24. The van der Waals surface area contributed by atoms with Gasteiger partial charge in [0.1, 0.15) is 5.75 Å². The van der Waals surface area contributed by atoms with Crippen molar-refractivity contribution in [2.24, 2.45) is 0 Å². The molecule has 0 aliphatic carbocycles. The summed E-state index contributed by atoms with van der Waals surface area (Å²) in [7, 11) is 1.65. The predicted octanol–water partition coefficient (Wildman–Crippen LogP) is 2.70. The van der Waals surface area contributed by atoms with Crippen LogP contribution in [0.1, 0.15) is 37.3 Å². The van der Waals surface area contributed by atoms with Gasteiger partial charge in [0.05, 0.1) is 7.11 Å². The van der Waals surface area contributed by atoms with Crippen molar-refractivity contribution in [3.05, 3.63) is 29.8 Å². The van der Waals surface area contributed by atoms with E-state index in [9.17, 15) is 4.79 Å². The molecule has 19 heavy (non-hydrogen) atoms. The third-order valence-electron chi connectivity index (χ3n) is 3.69. The number of nitrogens with zero attached hydrogens (tertiary/aromatic N) is 1. The quantitative estimate of drug-likeness (QED) is 0.857. The summed E-state index contributed by atoms with van der Waals surface area (Å²) in [5, 5.41) is 8.91. The van der Waals surface area contributed by atoms with E-state index >= 15 is 0 Å². The van der Waals surface area contributed by atoms with Crippen LogP contribution >= 0.6 is 0 Å². The number of benzene rings is 1. The Morgan fingerprint density at radius 3 is 2.79 bits per heavy atom. The molecule has 104 valence electrons. The lowest BCUT2D eigenvalue weighted by atomic mass is 10.0. The smallest absolute Gasteiger partial charge is 0.303 e. The molecule has 1 aromatic carbocycles. The molecule has 1 aliphatic heterocycles. The number of hydrogen-bond acceptors (Lipinski definition) is 3. The number of carbonyl (C=O) groups is 1. The van der Waals surface area contributed by atoms with E-state index in [1.807, 2.05) is 18.2 Å². The molecule has 1 aliphatic rings. The molecule has 0 spiro atoms. The van der Waals surface area contributed by atoms with Gasteiger partial charge >= 0.3 is 5.97 Å². The molecule has 0 amide bonds. The Morgan fingerprint density at radius 1 is 1.42 bits per heavy atom. The van der Waals surface area contributed by atoms with E-state index in [0.29, 0.717) is 6.42 Å². The molecule has 1 saturated heterocycles. The highest BCUT2D eigenvalue weighted by molar-refractivity contribution is 5.66. The summed E-state index contributed by atoms with van der Waals surface area (Å²) in [5.74, 6) is 0.101. The minimum absolute atomic E-state index is 0.189. The second kappa shape index (κ2) is 6.57. The second-order valence-electron chi connectivity index (χ2n) is 4.97. The number of ether oxygens (including phenoxy) is 1. The van der Waals surface area contributed by atoms with Gasteiger partial charge < -0.3 is 9.84 Å². The van der Waals surface area contributed by atoms with Gasteiger partial charge in [-0.3, -0.25) is 9.69 Å². The van der Waals surface area contributed by atoms with Crippen molar-refractivity contribution >= 4 is 5.97 Å². The van der Waals surface area contributed by atoms with Gasteiger partial charge in [0.25, 0.3) is 0 Å². The molecule has 1 heterocycles. The first-order chi connectivity index (χ1) is 9.20. The second-order valence-corrected chi connectivity index (χ2v) is 4.97. The van der Waals surface area contributed by atoms with Gasteiger partial charge in [-0.25, -0.2) is 0 Å². The van der Waals surface area contributed by atoms with Crippen LogP contribution in [0.3, 0.4) is 0 Å². The summed E-state index contributed by atoms with van der Waals surface area (Å²) in [6, 6.07) is 8.16. The molecule has 1 atom stereocenters. The zero-order valence-corrected chi connectivity index (χ0v) is 11.3. The van der Waals surface area contributed by atoms with Crippen LogP contribution in [0, 0.1) is 0 Å². The lowest BCUT2D eigenvalue weighted by Gasteiger charge is -2.27. The van der Waals surface area contributed by atoms with Gasteiger partial charge in [-0.05, 0) is 50.0 Å². The van der Waals surface area contributed by atoms with E-state index in [1.54, 1.807) is 7.11 Å². The van der Waals surface area contributed by atoms with Crippen molar-refractivity contribution in [2.75, 3.05) is 20.2 Å². The summed E-state index contributed by atoms with van der Waals surface area (Å²) in [6.45, 7) is 2.11. The van der Waals surface area contributed by atoms with E-state index in [2.05, 4.69) is 11.0 Å². The molecule has 4 heteroatoms. The molecule has 1 unspecified atom stereocenters. The fourth-order valence-electron chi connectivity index (χ4n) is 2.72. The molecule has 1 aromatic rings. The Bertz CT molecular complexity index is 427. The van der Waals surface area contributed by atoms with Crippen molar-refractivity contribution in [1.29, 1.82) is 0 Å². The van der Waals surface area contributed by atoms with Crippen molar-refractivity contribution < 1.29 is 14.6 Å². The van der Waals surface area contributed by atoms with Gasteiger partial charge in [0.2, 0.25) is 0 Å². The van der Waals surface area contributed by atoms with Gasteiger partial charge in [-0.1, -0.05) is 12.1 Å². The highest BCUT2D eigenvalue weighted by atomic mass is 16.5. The van der Waals surface area contributed by atoms with Crippen LogP contribution in [0.5, 0.6) is 5.75 Å². The zero-order chi connectivity index (χ0) is 13.7. The van der Waals surface area contributed by atoms with Crippen LogP contribution in [0.4, 0.5) is 0 Å². The third kappa shape index (κ3) is 3.70. The molecule has 0 radical (unpaired) electrons. The number of carboxylic acid groups (broad SMARTS) is 1. The molecule has 0 bridgehead atoms. The van der Waals surface area contributed by atoms with Crippen molar-refractivity contribution in [1.82, 2.24) is 4.90 Å². The number of methoxy groups -OCH3 is 1. The molecule has 4 nitrogen and oxygen atoms in total. The largest absolute Gasteiger partial charge is 0.497 e. The number of carboxylic acids is 1. The average molecular weight is 263 g/mol. The van der Waals surface area contributed by atoms with Crippen LogP contribution in [-0.4, -0.2) is 36.2 Å². The fourth-order valence-corrected chi connectivity index (χ4v) is 2.72. The maximum Gasteiger partial charge on any atom is 0.303 e. The van der Waals surface area contributed by atoms with Crippen molar-refractivity contribution in [3.63, 3.8) is 0 Å². The predicted molar refractivity (Wildman–Crippen MR) is 73.4 cm³/mol. The van der Waals surface area contributed by atoms with Crippen molar-refractivity contribution in [3.8, 4) is 5.75 Å². The van der Waals surface area contributed by atoms with Crippen LogP contribution < -0.4 is 4.74 Å². The van der Waals surface area contributed by atoms with Crippen LogP contribution in [0.2, 0.25) is 0 Å². The molecule has 1 fully saturated rings. The summed E-state index contributed by atoms with van der Waals surface area (Å²) < 4.78 is 5.26. The topological polar surface area (TPSA) is 49.8 Å².